The van der Waals surface area contributed by atoms with E-state index in [0.717, 1.165) is 0 Å². The number of para-hydroxylation sites is 2. The van der Waals surface area contributed by atoms with Gasteiger partial charge < -0.3 is 10.1 Å². The Balaban J connectivity index is 2.32. The molecule has 104 valence electrons. The van der Waals surface area contributed by atoms with Crippen LogP contribution >= 0.6 is 0 Å². The molecular formula is C14H13FN2O3. The summed E-state index contributed by atoms with van der Waals surface area (Å²) in [6, 6.07) is 10.2. The second-order valence-corrected chi connectivity index (χ2v) is 4.15. The lowest BCUT2D eigenvalue weighted by Gasteiger charge is -2.08. The Bertz CT molecular complexity index is 632. The van der Waals surface area contributed by atoms with Crippen molar-refractivity contribution >= 4 is 5.69 Å². The molecule has 2 aromatic rings. The molecule has 0 bridgehead atoms. The van der Waals surface area contributed by atoms with Gasteiger partial charge in [-0.1, -0.05) is 12.1 Å². The summed E-state index contributed by atoms with van der Waals surface area (Å²) in [5.41, 5.74) is 0.535. The average Bonchev–Trinajstić information content (AvgIpc) is 2.38. The molecule has 0 saturated carbocycles. The van der Waals surface area contributed by atoms with Gasteiger partial charge in [0.2, 0.25) is 5.75 Å². The molecule has 2 aromatic carbocycles. The van der Waals surface area contributed by atoms with Gasteiger partial charge in [0.25, 0.3) is 0 Å². The predicted octanol–water partition coefficient (Wildman–Crippen LogP) is 3.25. The number of halogens is 1. The predicted molar refractivity (Wildman–Crippen MR) is 72.3 cm³/mol. The maximum atomic E-state index is 13.5. The molecule has 0 aromatic heterocycles. The van der Waals surface area contributed by atoms with E-state index in [1.165, 1.54) is 24.3 Å². The minimum Gasteiger partial charge on any atom is -0.450 e. The van der Waals surface area contributed by atoms with E-state index in [9.17, 15) is 14.5 Å². The van der Waals surface area contributed by atoms with E-state index < -0.39 is 10.7 Å². The number of rotatable bonds is 5. The van der Waals surface area contributed by atoms with E-state index in [1.807, 2.05) is 0 Å². The average molecular weight is 276 g/mol. The third-order valence-corrected chi connectivity index (χ3v) is 2.60. The van der Waals surface area contributed by atoms with Crippen LogP contribution in [0.1, 0.15) is 5.56 Å². The monoisotopic (exact) mass is 276 g/mol. The van der Waals surface area contributed by atoms with Crippen LogP contribution in [0.3, 0.4) is 0 Å². The SMILES string of the molecule is CNCc1cc(F)cc(Oc2ccccc2[N+](=O)[O-])c1. The Labute approximate surface area is 115 Å². The van der Waals surface area contributed by atoms with Crippen molar-refractivity contribution in [1.82, 2.24) is 5.32 Å². The third-order valence-electron chi connectivity index (χ3n) is 2.60. The first kappa shape index (κ1) is 14.0. The molecule has 0 atom stereocenters. The minimum atomic E-state index is -0.539. The minimum absolute atomic E-state index is 0.0820. The fourth-order valence-electron chi connectivity index (χ4n) is 1.81. The first-order valence-electron chi connectivity index (χ1n) is 5.95. The Morgan fingerprint density at radius 3 is 2.75 bits per heavy atom. The van der Waals surface area contributed by atoms with Crippen LogP contribution in [-0.4, -0.2) is 12.0 Å². The molecule has 0 aliphatic rings. The first-order chi connectivity index (χ1) is 9.60. The molecule has 0 amide bonds. The molecule has 5 nitrogen and oxygen atoms in total. The highest BCUT2D eigenvalue weighted by atomic mass is 19.1. The zero-order chi connectivity index (χ0) is 14.5. The van der Waals surface area contributed by atoms with E-state index in [2.05, 4.69) is 5.32 Å². The number of nitro benzene ring substituents is 1. The van der Waals surface area contributed by atoms with Crippen LogP contribution in [0.2, 0.25) is 0 Å². The number of hydrogen-bond acceptors (Lipinski definition) is 4. The molecule has 6 heteroatoms. The zero-order valence-corrected chi connectivity index (χ0v) is 10.8. The van der Waals surface area contributed by atoms with E-state index in [0.29, 0.717) is 12.1 Å². The third kappa shape index (κ3) is 3.30. The van der Waals surface area contributed by atoms with Gasteiger partial charge in [0, 0.05) is 18.7 Å². The van der Waals surface area contributed by atoms with E-state index >= 15 is 0 Å². The van der Waals surface area contributed by atoms with Crippen molar-refractivity contribution in [2.75, 3.05) is 7.05 Å². The molecule has 0 radical (unpaired) electrons. The van der Waals surface area contributed by atoms with Gasteiger partial charge in [0.05, 0.1) is 4.92 Å². The number of benzene rings is 2. The lowest BCUT2D eigenvalue weighted by atomic mass is 10.2. The summed E-state index contributed by atoms with van der Waals surface area (Å²) in [5.74, 6) is -0.144. The fourth-order valence-corrected chi connectivity index (χ4v) is 1.81. The summed E-state index contributed by atoms with van der Waals surface area (Å²) >= 11 is 0. The lowest BCUT2D eigenvalue weighted by Crippen LogP contribution is -2.05. The Morgan fingerprint density at radius 2 is 2.05 bits per heavy atom. The van der Waals surface area contributed by atoms with E-state index in [4.69, 9.17) is 4.74 Å². The van der Waals surface area contributed by atoms with Crippen molar-refractivity contribution in [2.45, 2.75) is 6.54 Å². The van der Waals surface area contributed by atoms with Gasteiger partial charge in [0.15, 0.2) is 0 Å². The Morgan fingerprint density at radius 1 is 1.30 bits per heavy atom. The molecule has 0 aliphatic carbocycles. The van der Waals surface area contributed by atoms with E-state index in [-0.39, 0.29) is 17.2 Å². The van der Waals surface area contributed by atoms with E-state index in [1.54, 1.807) is 25.2 Å². The maximum absolute atomic E-state index is 13.5. The van der Waals surface area contributed by atoms with Crippen LogP contribution in [0.4, 0.5) is 10.1 Å². The molecule has 1 N–H and O–H groups in total. The second-order valence-electron chi connectivity index (χ2n) is 4.15. The summed E-state index contributed by atoms with van der Waals surface area (Å²) in [5, 5.41) is 13.8. The smallest absolute Gasteiger partial charge is 0.311 e. The number of nitro groups is 1. The van der Waals surface area contributed by atoms with Crippen molar-refractivity contribution in [3.63, 3.8) is 0 Å². The summed E-state index contributed by atoms with van der Waals surface area (Å²) in [4.78, 5) is 10.4. The summed E-state index contributed by atoms with van der Waals surface area (Å²) in [6.45, 7) is 0.477. The van der Waals surface area contributed by atoms with Crippen molar-refractivity contribution in [2.24, 2.45) is 0 Å². The molecule has 0 unspecified atom stereocenters. The van der Waals surface area contributed by atoms with Crippen molar-refractivity contribution in [3.8, 4) is 11.5 Å². The summed E-state index contributed by atoms with van der Waals surface area (Å²) in [7, 11) is 1.74. The molecule has 0 heterocycles. The van der Waals surface area contributed by atoms with Crippen LogP contribution in [0.5, 0.6) is 11.5 Å². The van der Waals surface area contributed by atoms with Crippen LogP contribution in [0, 0.1) is 15.9 Å². The highest BCUT2D eigenvalue weighted by Crippen LogP contribution is 2.31. The molecular weight excluding hydrogens is 263 g/mol. The topological polar surface area (TPSA) is 64.4 Å². The number of ether oxygens (including phenoxy) is 1. The summed E-state index contributed by atoms with van der Waals surface area (Å²) in [6.07, 6.45) is 0. The van der Waals surface area contributed by atoms with Crippen molar-refractivity contribution in [3.05, 3.63) is 64.0 Å². The number of nitrogens with zero attached hydrogens (tertiary/aromatic N) is 1. The van der Waals surface area contributed by atoms with Gasteiger partial charge >= 0.3 is 5.69 Å². The number of hydrogen-bond donors (Lipinski definition) is 1. The van der Waals surface area contributed by atoms with Gasteiger partial charge in [0.1, 0.15) is 11.6 Å². The lowest BCUT2D eigenvalue weighted by molar-refractivity contribution is -0.385. The molecule has 0 aliphatic heterocycles. The van der Waals surface area contributed by atoms with Gasteiger partial charge in [-0.2, -0.15) is 0 Å². The normalized spacial score (nSPS) is 10.3. The van der Waals surface area contributed by atoms with Crippen molar-refractivity contribution < 1.29 is 14.1 Å². The number of nitrogens with one attached hydrogen (secondary N) is 1. The fraction of sp³-hybridized carbons (Fsp3) is 0.143. The van der Waals surface area contributed by atoms with Crippen LogP contribution < -0.4 is 10.1 Å². The summed E-state index contributed by atoms with van der Waals surface area (Å²) < 4.78 is 18.9. The quantitative estimate of drug-likeness (QED) is 0.672. The first-order valence-corrected chi connectivity index (χ1v) is 5.95. The van der Waals surface area contributed by atoms with Crippen LogP contribution in [0.25, 0.3) is 0 Å². The highest BCUT2D eigenvalue weighted by Gasteiger charge is 2.15. The molecule has 0 spiro atoms. The molecule has 2 rings (SSSR count). The Kier molecular flexibility index (Phi) is 4.27. The van der Waals surface area contributed by atoms with Gasteiger partial charge in [-0.3, -0.25) is 10.1 Å². The van der Waals surface area contributed by atoms with Crippen molar-refractivity contribution in [1.29, 1.82) is 0 Å². The van der Waals surface area contributed by atoms with Crippen LogP contribution in [0.15, 0.2) is 42.5 Å². The maximum Gasteiger partial charge on any atom is 0.311 e. The Hall–Kier alpha value is -2.47. The standard InChI is InChI=1S/C14H13FN2O3/c1-16-9-10-6-11(15)8-12(7-10)20-14-5-3-2-4-13(14)17(18)19/h2-8,16H,9H2,1H3. The molecule has 20 heavy (non-hydrogen) atoms. The largest absolute Gasteiger partial charge is 0.450 e. The zero-order valence-electron chi connectivity index (χ0n) is 10.8. The van der Waals surface area contributed by atoms with Crippen LogP contribution in [-0.2, 0) is 6.54 Å². The molecule has 0 saturated heterocycles. The highest BCUT2D eigenvalue weighted by molar-refractivity contribution is 5.48. The molecule has 0 fully saturated rings. The van der Waals surface area contributed by atoms with Gasteiger partial charge in [-0.25, -0.2) is 4.39 Å². The van der Waals surface area contributed by atoms with Gasteiger partial charge in [-0.15, -0.1) is 0 Å². The second kappa shape index (κ2) is 6.12. The van der Waals surface area contributed by atoms with Gasteiger partial charge in [-0.05, 0) is 30.8 Å².